The van der Waals surface area contributed by atoms with E-state index in [1.165, 1.54) is 0 Å². The molecule has 3 aromatic carbocycles. The molecule has 0 amide bonds. The van der Waals surface area contributed by atoms with Gasteiger partial charge in [0, 0.05) is 16.5 Å². The number of H-pyrrole nitrogens is 1. The third kappa shape index (κ3) is 4.49. The molecule has 0 bridgehead atoms. The van der Waals surface area contributed by atoms with Gasteiger partial charge in [0.05, 0.1) is 30.8 Å². The molecule has 0 unspecified atom stereocenters. The zero-order chi connectivity index (χ0) is 22.3. The molecule has 4 rings (SSSR count). The summed E-state index contributed by atoms with van der Waals surface area (Å²) in [6, 6.07) is 25.4. The lowest BCUT2D eigenvalue weighted by atomic mass is 10.1. The second-order valence-corrected chi connectivity index (χ2v) is 7.00. The largest absolute Gasteiger partial charge is 0.494 e. The molecule has 0 atom stereocenters. The van der Waals surface area contributed by atoms with Gasteiger partial charge in [0.15, 0.2) is 0 Å². The van der Waals surface area contributed by atoms with E-state index in [4.69, 9.17) is 14.6 Å². The fraction of sp³-hybridized carbons (Fsp3) is 0.154. The molecular formula is C26H25N3O3. The van der Waals surface area contributed by atoms with Crippen molar-refractivity contribution in [3.8, 4) is 5.75 Å². The quantitative estimate of drug-likeness (QED) is 0.215. The molecule has 1 heterocycles. The first kappa shape index (κ1) is 21.2. The van der Waals surface area contributed by atoms with Crippen molar-refractivity contribution in [3.05, 3.63) is 90.1 Å². The SMILES string of the molecule is CCOC(=O)c1[nH]c2ccc(OCC)cc2c1/C=N/N(c1ccccc1)c1ccccc1. The van der Waals surface area contributed by atoms with Gasteiger partial charge in [0.1, 0.15) is 11.4 Å². The maximum Gasteiger partial charge on any atom is 0.355 e. The Hall–Kier alpha value is -4.06. The Morgan fingerprint density at radius 1 is 0.938 bits per heavy atom. The molecule has 1 aromatic heterocycles. The minimum atomic E-state index is -0.422. The summed E-state index contributed by atoms with van der Waals surface area (Å²) < 4.78 is 10.9. The number of ether oxygens (including phenoxy) is 2. The van der Waals surface area contributed by atoms with E-state index in [1.807, 2.05) is 90.8 Å². The van der Waals surface area contributed by atoms with E-state index in [9.17, 15) is 4.79 Å². The van der Waals surface area contributed by atoms with Crippen molar-refractivity contribution in [2.75, 3.05) is 18.2 Å². The minimum Gasteiger partial charge on any atom is -0.494 e. The number of hydrogen-bond donors (Lipinski definition) is 1. The Labute approximate surface area is 187 Å². The minimum absolute atomic E-state index is 0.287. The molecule has 32 heavy (non-hydrogen) atoms. The van der Waals surface area contributed by atoms with Crippen LogP contribution in [0.2, 0.25) is 0 Å². The average molecular weight is 428 g/mol. The van der Waals surface area contributed by atoms with Crippen molar-refractivity contribution in [2.24, 2.45) is 5.10 Å². The fourth-order valence-corrected chi connectivity index (χ4v) is 3.48. The Morgan fingerprint density at radius 3 is 2.19 bits per heavy atom. The van der Waals surface area contributed by atoms with Gasteiger partial charge in [-0.3, -0.25) is 0 Å². The van der Waals surface area contributed by atoms with Gasteiger partial charge in [0.25, 0.3) is 0 Å². The van der Waals surface area contributed by atoms with Crippen LogP contribution in [0.5, 0.6) is 5.75 Å². The first-order valence-corrected chi connectivity index (χ1v) is 10.6. The number of hydrazone groups is 1. The van der Waals surface area contributed by atoms with Crippen LogP contribution in [0.4, 0.5) is 11.4 Å². The summed E-state index contributed by atoms with van der Waals surface area (Å²) in [5, 5.41) is 7.45. The maximum absolute atomic E-state index is 12.7. The van der Waals surface area contributed by atoms with Crippen LogP contribution in [-0.2, 0) is 4.74 Å². The van der Waals surface area contributed by atoms with E-state index in [1.54, 1.807) is 13.1 Å². The lowest BCUT2D eigenvalue weighted by Gasteiger charge is -2.19. The second-order valence-electron chi connectivity index (χ2n) is 7.00. The van der Waals surface area contributed by atoms with E-state index in [2.05, 4.69) is 4.98 Å². The predicted octanol–water partition coefficient (Wildman–Crippen LogP) is 5.92. The lowest BCUT2D eigenvalue weighted by molar-refractivity contribution is 0.0520. The van der Waals surface area contributed by atoms with Crippen molar-refractivity contribution in [3.63, 3.8) is 0 Å². The van der Waals surface area contributed by atoms with Crippen LogP contribution < -0.4 is 9.75 Å². The predicted molar refractivity (Wildman–Crippen MR) is 128 cm³/mol. The molecule has 0 spiro atoms. The molecule has 6 nitrogen and oxygen atoms in total. The van der Waals surface area contributed by atoms with Crippen LogP contribution in [0.25, 0.3) is 10.9 Å². The van der Waals surface area contributed by atoms with Gasteiger partial charge in [-0.15, -0.1) is 0 Å². The van der Waals surface area contributed by atoms with Gasteiger partial charge in [-0.2, -0.15) is 5.10 Å². The summed E-state index contributed by atoms with van der Waals surface area (Å²) in [6.07, 6.45) is 1.70. The summed E-state index contributed by atoms with van der Waals surface area (Å²) in [4.78, 5) is 15.9. The van der Waals surface area contributed by atoms with Crippen LogP contribution in [0.15, 0.2) is 84.0 Å². The Bertz CT molecular complexity index is 1180. The van der Waals surface area contributed by atoms with E-state index in [0.717, 1.165) is 28.0 Å². The number of anilines is 2. The zero-order valence-electron chi connectivity index (χ0n) is 18.1. The van der Waals surface area contributed by atoms with Crippen LogP contribution in [0, 0.1) is 0 Å². The summed E-state index contributed by atoms with van der Waals surface area (Å²) in [6.45, 7) is 4.56. The molecule has 0 aliphatic carbocycles. The van der Waals surface area contributed by atoms with Crippen molar-refractivity contribution >= 4 is 34.5 Å². The van der Waals surface area contributed by atoms with Crippen molar-refractivity contribution in [1.82, 2.24) is 4.98 Å². The highest BCUT2D eigenvalue weighted by atomic mass is 16.5. The van der Waals surface area contributed by atoms with Crippen molar-refractivity contribution in [2.45, 2.75) is 13.8 Å². The third-order valence-corrected chi connectivity index (χ3v) is 4.90. The smallest absolute Gasteiger partial charge is 0.355 e. The number of fused-ring (bicyclic) bond motifs is 1. The maximum atomic E-state index is 12.7. The summed E-state index contributed by atoms with van der Waals surface area (Å²) in [5.74, 6) is 0.307. The molecule has 1 N–H and O–H groups in total. The van der Waals surface area contributed by atoms with Crippen molar-refractivity contribution in [1.29, 1.82) is 0 Å². The number of benzene rings is 3. The number of hydrogen-bond acceptors (Lipinski definition) is 5. The molecule has 0 aliphatic rings. The number of para-hydroxylation sites is 2. The Kier molecular flexibility index (Phi) is 6.51. The topological polar surface area (TPSA) is 66.9 Å². The van der Waals surface area contributed by atoms with E-state index in [-0.39, 0.29) is 6.61 Å². The first-order chi connectivity index (χ1) is 15.7. The third-order valence-electron chi connectivity index (χ3n) is 4.90. The highest BCUT2D eigenvalue weighted by Crippen LogP contribution is 2.28. The molecular weight excluding hydrogens is 402 g/mol. The van der Waals surface area contributed by atoms with Gasteiger partial charge >= 0.3 is 5.97 Å². The fourth-order valence-electron chi connectivity index (χ4n) is 3.48. The molecule has 162 valence electrons. The standard InChI is InChI=1S/C26H25N3O3/c1-3-31-21-15-16-24-22(17-21)23(25(28-24)26(30)32-4-2)18-27-29(19-11-7-5-8-12-19)20-13-9-6-10-14-20/h5-18,28H,3-4H2,1-2H3/b27-18+. The van der Waals surface area contributed by atoms with Gasteiger partial charge < -0.3 is 14.5 Å². The van der Waals surface area contributed by atoms with Gasteiger partial charge in [0.2, 0.25) is 0 Å². The molecule has 0 aliphatic heterocycles. The number of aromatic nitrogens is 1. The molecule has 0 radical (unpaired) electrons. The van der Waals surface area contributed by atoms with Crippen LogP contribution >= 0.6 is 0 Å². The van der Waals surface area contributed by atoms with Gasteiger partial charge in [-0.05, 0) is 56.3 Å². The Morgan fingerprint density at radius 2 is 1.59 bits per heavy atom. The molecule has 4 aromatic rings. The zero-order valence-corrected chi connectivity index (χ0v) is 18.1. The summed E-state index contributed by atoms with van der Waals surface area (Å²) in [5.41, 5.74) is 3.63. The number of esters is 1. The van der Waals surface area contributed by atoms with Crippen LogP contribution in [0.1, 0.15) is 29.9 Å². The Balaban J connectivity index is 1.83. The van der Waals surface area contributed by atoms with Crippen LogP contribution in [0.3, 0.4) is 0 Å². The van der Waals surface area contributed by atoms with Crippen LogP contribution in [-0.4, -0.2) is 30.4 Å². The number of nitrogens with zero attached hydrogens (tertiary/aromatic N) is 2. The highest BCUT2D eigenvalue weighted by Gasteiger charge is 2.19. The monoisotopic (exact) mass is 427 g/mol. The first-order valence-electron chi connectivity index (χ1n) is 10.6. The number of carbonyl (C=O) groups excluding carboxylic acids is 1. The molecule has 0 saturated carbocycles. The number of rotatable bonds is 8. The number of nitrogens with one attached hydrogen (secondary N) is 1. The van der Waals surface area contributed by atoms with Gasteiger partial charge in [-0.1, -0.05) is 36.4 Å². The summed E-state index contributed by atoms with van der Waals surface area (Å²) in [7, 11) is 0. The van der Waals surface area contributed by atoms with E-state index in [0.29, 0.717) is 17.9 Å². The van der Waals surface area contributed by atoms with E-state index < -0.39 is 5.97 Å². The van der Waals surface area contributed by atoms with E-state index >= 15 is 0 Å². The molecule has 0 fully saturated rings. The molecule has 0 saturated heterocycles. The molecule has 6 heteroatoms. The average Bonchev–Trinajstić information content (AvgIpc) is 3.19. The van der Waals surface area contributed by atoms with Gasteiger partial charge in [-0.25, -0.2) is 9.80 Å². The highest BCUT2D eigenvalue weighted by molar-refractivity contribution is 6.09. The lowest BCUT2D eigenvalue weighted by Crippen LogP contribution is -2.11. The number of carbonyl (C=O) groups is 1. The number of aromatic amines is 1. The normalized spacial score (nSPS) is 11.1. The summed E-state index contributed by atoms with van der Waals surface area (Å²) >= 11 is 0. The second kappa shape index (κ2) is 9.83. The van der Waals surface area contributed by atoms with Crippen molar-refractivity contribution < 1.29 is 14.3 Å².